The van der Waals surface area contributed by atoms with Crippen molar-refractivity contribution in [1.29, 1.82) is 0 Å². The fraction of sp³-hybridized carbons (Fsp3) is 0.300. The number of carboxylic acid groups (broad SMARTS) is 1. The number of aromatic nitrogens is 4. The molecule has 0 fully saturated rings. The number of nitrogens with one attached hydrogen (secondary N) is 1. The average Bonchev–Trinajstić information content (AvgIpc) is 3.40. The van der Waals surface area contributed by atoms with Crippen molar-refractivity contribution >= 4 is 30.8 Å². The number of fused-ring (bicyclic) bond motifs is 1. The van der Waals surface area contributed by atoms with Gasteiger partial charge in [0, 0.05) is 5.92 Å². The third kappa shape index (κ3) is 5.14. The first-order valence-corrected chi connectivity index (χ1v) is 11.7. The summed E-state index contributed by atoms with van der Waals surface area (Å²) in [4.78, 5) is 23.3. The molecule has 2 unspecified atom stereocenters. The second-order valence-corrected chi connectivity index (χ2v) is 9.26. The molecule has 4 atom stereocenters. The Labute approximate surface area is 188 Å². The smallest absolute Gasteiger partial charge is 0.459 e. The second kappa shape index (κ2) is 9.18. The Kier molecular flexibility index (Phi) is 6.32. The molecule has 0 amide bonds. The number of carbonyl (C=O) groups is 1. The van der Waals surface area contributed by atoms with Gasteiger partial charge in [-0.05, 0) is 25.5 Å². The standard InChI is InChI=1S/C20H23N6O6P/c1-12(19(28)29)25-33(30,32-15-5-3-2-4-6-15)31-10-13-7-8-14(9-13)26-11-22-16-17(26)23-20(21)24-18(16)27/h2-8,11-14H,9-10H2,1H3,(H,25,30)(H,28,29)(H3,21,23,24,27)/t12?,13-,14+,33?/m1/s1. The van der Waals surface area contributed by atoms with Crippen LogP contribution in [0.5, 0.6) is 11.6 Å². The van der Waals surface area contributed by atoms with Crippen LogP contribution in [-0.4, -0.2) is 48.4 Å². The van der Waals surface area contributed by atoms with Gasteiger partial charge in [-0.25, -0.2) is 9.55 Å². The van der Waals surface area contributed by atoms with E-state index in [-0.39, 0.29) is 41.7 Å². The van der Waals surface area contributed by atoms with Crippen molar-refractivity contribution in [3.63, 3.8) is 0 Å². The zero-order valence-corrected chi connectivity index (χ0v) is 18.5. The maximum atomic E-state index is 13.3. The van der Waals surface area contributed by atoms with Crippen LogP contribution in [0.15, 0.2) is 48.8 Å². The van der Waals surface area contributed by atoms with E-state index in [1.54, 1.807) is 34.9 Å². The quantitative estimate of drug-likeness (QED) is 0.265. The largest absolute Gasteiger partial charge is 0.492 e. The Hall–Kier alpha value is -3.47. The van der Waals surface area contributed by atoms with Crippen molar-refractivity contribution in [2.75, 3.05) is 12.3 Å². The summed E-state index contributed by atoms with van der Waals surface area (Å²) < 4.78 is 26.2. The molecule has 1 aromatic carbocycles. The first-order valence-electron chi connectivity index (χ1n) is 10.1. The number of para-hydroxylation sites is 1. The van der Waals surface area contributed by atoms with E-state index in [1.165, 1.54) is 13.3 Å². The van der Waals surface area contributed by atoms with Crippen molar-refractivity contribution in [3.8, 4) is 11.6 Å². The third-order valence-electron chi connectivity index (χ3n) is 5.08. The Morgan fingerprint density at radius 1 is 1.33 bits per heavy atom. The Morgan fingerprint density at radius 3 is 2.82 bits per heavy atom. The van der Waals surface area contributed by atoms with Gasteiger partial charge >= 0.3 is 13.7 Å². The first-order chi connectivity index (χ1) is 15.7. The lowest BCUT2D eigenvalue weighted by Gasteiger charge is -2.23. The zero-order chi connectivity index (χ0) is 23.6. The molecule has 0 radical (unpaired) electrons. The molecule has 33 heavy (non-hydrogen) atoms. The van der Waals surface area contributed by atoms with Gasteiger partial charge in [-0.3, -0.25) is 9.32 Å². The summed E-state index contributed by atoms with van der Waals surface area (Å²) in [5.41, 5.74) is 6.28. The number of hydrogen-bond donors (Lipinski definition) is 4. The highest BCUT2D eigenvalue weighted by Gasteiger charge is 2.33. The molecule has 1 aliphatic carbocycles. The highest BCUT2D eigenvalue weighted by atomic mass is 31.2. The maximum Gasteiger partial charge on any atom is 0.459 e. The Balaban J connectivity index is 1.45. The molecule has 0 aliphatic heterocycles. The molecule has 0 saturated heterocycles. The lowest BCUT2D eigenvalue weighted by Crippen LogP contribution is -2.33. The van der Waals surface area contributed by atoms with Crippen LogP contribution in [-0.2, 0) is 13.9 Å². The maximum absolute atomic E-state index is 13.3. The summed E-state index contributed by atoms with van der Waals surface area (Å²) >= 11 is 0. The first kappa shape index (κ1) is 22.7. The second-order valence-electron chi connectivity index (χ2n) is 7.56. The van der Waals surface area contributed by atoms with Crippen LogP contribution in [0, 0.1) is 5.92 Å². The van der Waals surface area contributed by atoms with Gasteiger partial charge in [0.2, 0.25) is 11.8 Å². The van der Waals surface area contributed by atoms with E-state index in [9.17, 15) is 19.6 Å². The van der Waals surface area contributed by atoms with E-state index < -0.39 is 19.8 Å². The van der Waals surface area contributed by atoms with Crippen LogP contribution in [0.1, 0.15) is 19.4 Å². The summed E-state index contributed by atoms with van der Waals surface area (Å²) in [5.74, 6) is -1.41. The van der Waals surface area contributed by atoms with Crippen molar-refractivity contribution in [3.05, 3.63) is 48.8 Å². The summed E-state index contributed by atoms with van der Waals surface area (Å²) in [6.07, 6.45) is 5.92. The highest BCUT2D eigenvalue weighted by Crippen LogP contribution is 2.46. The summed E-state index contributed by atoms with van der Waals surface area (Å²) in [5, 5.41) is 21.6. The van der Waals surface area contributed by atoms with E-state index in [2.05, 4.69) is 20.0 Å². The minimum atomic E-state index is -3.99. The minimum Gasteiger partial charge on any atom is -0.492 e. The van der Waals surface area contributed by atoms with Crippen molar-refractivity contribution in [1.82, 2.24) is 24.6 Å². The Bertz CT molecular complexity index is 1230. The Morgan fingerprint density at radius 2 is 2.09 bits per heavy atom. The number of nitrogens with zero attached hydrogens (tertiary/aromatic N) is 4. The van der Waals surface area contributed by atoms with Gasteiger partial charge in [0.15, 0.2) is 11.2 Å². The number of benzene rings is 1. The number of nitrogen functional groups attached to an aromatic ring is 1. The average molecular weight is 474 g/mol. The molecule has 0 bridgehead atoms. The predicted octanol–water partition coefficient (Wildman–Crippen LogP) is 2.50. The van der Waals surface area contributed by atoms with Gasteiger partial charge < -0.3 is 25.0 Å². The van der Waals surface area contributed by atoms with Crippen molar-refractivity contribution in [2.45, 2.75) is 25.4 Å². The summed E-state index contributed by atoms with van der Waals surface area (Å²) in [7, 11) is -3.99. The SMILES string of the molecule is CC(NP(=O)(OC[C@@H]1C=C[C@H](n2cnc3c(O)nc(N)nc32)C1)Oc1ccccc1)C(=O)O. The summed E-state index contributed by atoms with van der Waals surface area (Å²) in [6.45, 7) is 1.37. The van der Waals surface area contributed by atoms with Gasteiger partial charge in [0.1, 0.15) is 11.8 Å². The number of allylic oxidation sites excluding steroid dienone is 1. The van der Waals surface area contributed by atoms with Crippen LogP contribution in [0.25, 0.3) is 11.2 Å². The van der Waals surface area contributed by atoms with Crippen molar-refractivity contribution in [2.24, 2.45) is 5.92 Å². The van der Waals surface area contributed by atoms with Gasteiger partial charge in [-0.1, -0.05) is 30.4 Å². The molecule has 0 saturated carbocycles. The summed E-state index contributed by atoms with van der Waals surface area (Å²) in [6, 6.07) is 7.07. The molecular formula is C20H23N6O6P. The van der Waals surface area contributed by atoms with E-state index >= 15 is 0 Å². The number of carboxylic acids is 1. The molecule has 3 aromatic rings. The predicted molar refractivity (Wildman–Crippen MR) is 119 cm³/mol. The lowest BCUT2D eigenvalue weighted by atomic mass is 10.1. The van der Waals surface area contributed by atoms with Crippen LogP contribution in [0.2, 0.25) is 0 Å². The molecule has 4 rings (SSSR count). The molecule has 2 aromatic heterocycles. The van der Waals surface area contributed by atoms with E-state index in [1.807, 2.05) is 12.2 Å². The van der Waals surface area contributed by atoms with Crippen LogP contribution < -0.4 is 15.3 Å². The normalized spacial score (nSPS) is 20.5. The highest BCUT2D eigenvalue weighted by molar-refractivity contribution is 7.52. The van der Waals surface area contributed by atoms with Gasteiger partial charge in [-0.15, -0.1) is 0 Å². The fourth-order valence-electron chi connectivity index (χ4n) is 3.44. The monoisotopic (exact) mass is 474 g/mol. The molecule has 13 heteroatoms. The molecule has 12 nitrogen and oxygen atoms in total. The number of nitrogens with two attached hydrogens (primary N) is 1. The van der Waals surface area contributed by atoms with Crippen LogP contribution in [0.3, 0.4) is 0 Å². The van der Waals surface area contributed by atoms with Gasteiger partial charge in [-0.2, -0.15) is 15.1 Å². The molecule has 1 aliphatic rings. The fourth-order valence-corrected chi connectivity index (χ4v) is 4.99. The van der Waals surface area contributed by atoms with E-state index in [0.29, 0.717) is 12.1 Å². The molecular weight excluding hydrogens is 451 g/mol. The molecule has 174 valence electrons. The zero-order valence-electron chi connectivity index (χ0n) is 17.6. The van der Waals surface area contributed by atoms with Crippen molar-refractivity contribution < 1.29 is 28.6 Å². The number of aromatic hydroxyl groups is 1. The number of hydrogen-bond acceptors (Lipinski definition) is 9. The van der Waals surface area contributed by atoms with Crippen LogP contribution in [0.4, 0.5) is 5.95 Å². The number of imidazole rings is 1. The molecule has 5 N–H and O–H groups in total. The topological polar surface area (TPSA) is 175 Å². The molecule has 2 heterocycles. The number of rotatable bonds is 9. The number of aliphatic carboxylic acids is 1. The third-order valence-corrected chi connectivity index (χ3v) is 6.72. The van der Waals surface area contributed by atoms with Crippen LogP contribution >= 0.6 is 7.75 Å². The number of anilines is 1. The van der Waals surface area contributed by atoms with Gasteiger partial charge in [0.25, 0.3) is 0 Å². The molecule has 0 spiro atoms. The van der Waals surface area contributed by atoms with E-state index in [0.717, 1.165) is 0 Å². The van der Waals surface area contributed by atoms with Gasteiger partial charge in [0.05, 0.1) is 19.0 Å². The van der Waals surface area contributed by atoms with E-state index in [4.69, 9.17) is 14.8 Å². The minimum absolute atomic E-state index is 0.0193. The lowest BCUT2D eigenvalue weighted by molar-refractivity contribution is -0.138.